The molecule has 0 amide bonds. The van der Waals surface area contributed by atoms with Gasteiger partial charge in [0.1, 0.15) is 0 Å². The molecule has 1 aliphatic rings. The molecular weight excluding hydrogens is 164 g/mol. The van der Waals surface area contributed by atoms with Crippen LogP contribution in [0.1, 0.15) is 6.42 Å². The molecule has 1 rings (SSSR count). The Labute approximate surface area is 80.4 Å². The summed E-state index contributed by atoms with van der Waals surface area (Å²) in [5.74, 6) is 2.63. The molecule has 3 heteroatoms. The molecule has 0 bridgehead atoms. The largest absolute Gasteiger partial charge is 0.380 e. The van der Waals surface area contributed by atoms with Gasteiger partial charge in [0.2, 0.25) is 0 Å². The topological polar surface area (TPSA) is 24.5 Å². The third-order valence-corrected chi connectivity index (χ3v) is 2.41. The van der Waals surface area contributed by atoms with Crippen molar-refractivity contribution in [2.24, 2.45) is 0 Å². The Balaban J connectivity index is 2.20. The van der Waals surface area contributed by atoms with E-state index in [1.54, 1.807) is 7.11 Å². The number of nitrogens with zero attached hydrogens (tertiary/aromatic N) is 1. The Kier molecular flexibility index (Phi) is 4.23. The van der Waals surface area contributed by atoms with E-state index < -0.39 is 0 Å². The highest BCUT2D eigenvalue weighted by Crippen LogP contribution is 2.09. The highest BCUT2D eigenvalue weighted by atomic mass is 16.5. The fourth-order valence-electron chi connectivity index (χ4n) is 1.70. The molecule has 0 radical (unpaired) electrons. The van der Waals surface area contributed by atoms with Crippen molar-refractivity contribution < 1.29 is 4.74 Å². The second-order valence-electron chi connectivity index (χ2n) is 3.60. The summed E-state index contributed by atoms with van der Waals surface area (Å²) < 4.78 is 5.26. The van der Waals surface area contributed by atoms with E-state index in [1.807, 2.05) is 7.05 Å². The first-order chi connectivity index (χ1) is 6.26. The van der Waals surface area contributed by atoms with Gasteiger partial charge < -0.3 is 10.1 Å². The second kappa shape index (κ2) is 5.23. The zero-order valence-electron chi connectivity index (χ0n) is 8.42. The number of ether oxygens (including phenoxy) is 1. The molecule has 13 heavy (non-hydrogen) atoms. The summed E-state index contributed by atoms with van der Waals surface area (Å²) in [5, 5.41) is 3.41. The van der Waals surface area contributed by atoms with Crippen LogP contribution in [0.4, 0.5) is 0 Å². The van der Waals surface area contributed by atoms with E-state index in [4.69, 9.17) is 11.2 Å². The molecule has 1 saturated heterocycles. The number of nitrogens with one attached hydrogen (secondary N) is 1. The van der Waals surface area contributed by atoms with E-state index in [-0.39, 0.29) is 0 Å². The van der Waals surface area contributed by atoms with Crippen LogP contribution in [0.25, 0.3) is 0 Å². The number of hydrogen-bond acceptors (Lipinski definition) is 3. The quantitative estimate of drug-likeness (QED) is 0.616. The summed E-state index contributed by atoms with van der Waals surface area (Å²) in [6.45, 7) is 2.69. The molecule has 1 fully saturated rings. The summed E-state index contributed by atoms with van der Waals surface area (Å²) in [4.78, 5) is 2.15. The van der Waals surface area contributed by atoms with Crippen molar-refractivity contribution >= 4 is 0 Å². The van der Waals surface area contributed by atoms with Crippen molar-refractivity contribution in [1.82, 2.24) is 10.2 Å². The van der Waals surface area contributed by atoms with Gasteiger partial charge in [-0.15, -0.1) is 6.42 Å². The van der Waals surface area contributed by atoms with Crippen LogP contribution in [0.15, 0.2) is 0 Å². The van der Waals surface area contributed by atoms with Crippen molar-refractivity contribution in [1.29, 1.82) is 0 Å². The molecule has 0 aromatic rings. The van der Waals surface area contributed by atoms with Crippen LogP contribution in [0.2, 0.25) is 0 Å². The standard InChI is InChI=1S/C10H18N2O/c1-4-5-12(2)8-9-6-10(13-3)7-11-9/h1,9-11H,5-8H2,2-3H3. The number of likely N-dealkylation sites (N-methyl/N-ethyl adjacent to an activating group) is 1. The smallest absolute Gasteiger partial charge is 0.0711 e. The monoisotopic (exact) mass is 182 g/mol. The first-order valence-electron chi connectivity index (χ1n) is 4.64. The van der Waals surface area contributed by atoms with Crippen molar-refractivity contribution in [3.05, 3.63) is 0 Å². The van der Waals surface area contributed by atoms with E-state index >= 15 is 0 Å². The number of rotatable bonds is 4. The van der Waals surface area contributed by atoms with Crippen LogP contribution in [-0.2, 0) is 4.74 Å². The van der Waals surface area contributed by atoms with Gasteiger partial charge in [0.05, 0.1) is 12.6 Å². The van der Waals surface area contributed by atoms with E-state index in [9.17, 15) is 0 Å². The van der Waals surface area contributed by atoms with Crippen molar-refractivity contribution in [2.45, 2.75) is 18.6 Å². The normalized spacial score (nSPS) is 27.8. The summed E-state index contributed by atoms with van der Waals surface area (Å²) in [7, 11) is 3.81. The van der Waals surface area contributed by atoms with E-state index in [1.165, 1.54) is 0 Å². The Bertz CT molecular complexity index is 188. The molecule has 0 aromatic carbocycles. The van der Waals surface area contributed by atoms with Gasteiger partial charge in [-0.3, -0.25) is 4.90 Å². The van der Waals surface area contributed by atoms with Crippen molar-refractivity contribution in [3.8, 4) is 12.3 Å². The maximum absolute atomic E-state index is 5.26. The molecule has 1 aliphatic heterocycles. The third-order valence-electron chi connectivity index (χ3n) is 2.41. The zero-order chi connectivity index (χ0) is 9.68. The fourth-order valence-corrected chi connectivity index (χ4v) is 1.70. The molecule has 0 saturated carbocycles. The lowest BCUT2D eigenvalue weighted by molar-refractivity contribution is 0.116. The fraction of sp³-hybridized carbons (Fsp3) is 0.800. The van der Waals surface area contributed by atoms with Crippen molar-refractivity contribution in [3.63, 3.8) is 0 Å². The van der Waals surface area contributed by atoms with Gasteiger partial charge in [-0.1, -0.05) is 5.92 Å². The maximum Gasteiger partial charge on any atom is 0.0711 e. The molecule has 0 aromatic heterocycles. The van der Waals surface area contributed by atoms with Gasteiger partial charge in [0.15, 0.2) is 0 Å². The van der Waals surface area contributed by atoms with Gasteiger partial charge in [-0.25, -0.2) is 0 Å². The summed E-state index contributed by atoms with van der Waals surface area (Å²) in [6.07, 6.45) is 6.69. The van der Waals surface area contributed by atoms with Gasteiger partial charge in [0, 0.05) is 26.2 Å². The SMILES string of the molecule is C#CCN(C)CC1CC(OC)CN1. The van der Waals surface area contributed by atoms with Crippen LogP contribution in [0, 0.1) is 12.3 Å². The predicted molar refractivity (Wildman–Crippen MR) is 53.5 cm³/mol. The van der Waals surface area contributed by atoms with Gasteiger partial charge in [0.25, 0.3) is 0 Å². The van der Waals surface area contributed by atoms with Gasteiger partial charge >= 0.3 is 0 Å². The maximum atomic E-state index is 5.26. The van der Waals surface area contributed by atoms with Crippen LogP contribution < -0.4 is 5.32 Å². The summed E-state index contributed by atoms with van der Waals surface area (Å²) >= 11 is 0. The molecule has 0 spiro atoms. The Morgan fingerprint density at radius 2 is 2.46 bits per heavy atom. The molecule has 1 heterocycles. The average molecular weight is 182 g/mol. The van der Waals surface area contributed by atoms with E-state index in [0.717, 1.165) is 26.1 Å². The molecule has 74 valence electrons. The zero-order valence-corrected chi connectivity index (χ0v) is 8.42. The van der Waals surface area contributed by atoms with Crippen LogP contribution in [0.5, 0.6) is 0 Å². The lowest BCUT2D eigenvalue weighted by atomic mass is 10.2. The molecule has 1 N–H and O–H groups in total. The van der Waals surface area contributed by atoms with Gasteiger partial charge in [-0.05, 0) is 13.5 Å². The minimum atomic E-state index is 0.379. The minimum absolute atomic E-state index is 0.379. The van der Waals surface area contributed by atoms with Crippen molar-refractivity contribution in [2.75, 3.05) is 33.8 Å². The minimum Gasteiger partial charge on any atom is -0.380 e. The number of methoxy groups -OCH3 is 1. The highest BCUT2D eigenvalue weighted by molar-refractivity contribution is 4.90. The third kappa shape index (κ3) is 3.35. The summed E-state index contributed by atoms with van der Waals surface area (Å²) in [6, 6.07) is 0.531. The average Bonchev–Trinajstić information content (AvgIpc) is 2.52. The van der Waals surface area contributed by atoms with Crippen LogP contribution in [-0.4, -0.2) is 50.8 Å². The van der Waals surface area contributed by atoms with E-state index in [2.05, 4.69) is 16.1 Å². The summed E-state index contributed by atoms with van der Waals surface area (Å²) in [5.41, 5.74) is 0. The predicted octanol–water partition coefficient (Wildman–Crippen LogP) is -0.0717. The van der Waals surface area contributed by atoms with Crippen LogP contribution >= 0.6 is 0 Å². The Morgan fingerprint density at radius 1 is 1.69 bits per heavy atom. The lowest BCUT2D eigenvalue weighted by Crippen LogP contribution is -2.35. The Hall–Kier alpha value is -0.560. The lowest BCUT2D eigenvalue weighted by Gasteiger charge is -2.18. The van der Waals surface area contributed by atoms with Crippen LogP contribution in [0.3, 0.4) is 0 Å². The molecular formula is C10H18N2O. The Morgan fingerprint density at radius 3 is 3.00 bits per heavy atom. The molecule has 2 unspecified atom stereocenters. The molecule has 2 atom stereocenters. The highest BCUT2D eigenvalue weighted by Gasteiger charge is 2.24. The molecule has 3 nitrogen and oxygen atoms in total. The first-order valence-corrected chi connectivity index (χ1v) is 4.64. The number of hydrogen-bond donors (Lipinski definition) is 1. The molecule has 0 aliphatic carbocycles. The second-order valence-corrected chi connectivity index (χ2v) is 3.60. The van der Waals surface area contributed by atoms with Gasteiger partial charge in [-0.2, -0.15) is 0 Å². The first kappa shape index (κ1) is 10.5. The van der Waals surface area contributed by atoms with E-state index in [0.29, 0.717) is 12.1 Å². The number of terminal acetylenes is 1.